The van der Waals surface area contributed by atoms with E-state index in [1.165, 1.54) is 37.0 Å². The lowest BCUT2D eigenvalue weighted by Crippen LogP contribution is -2.54. The van der Waals surface area contributed by atoms with Gasteiger partial charge < -0.3 is 10.0 Å². The first-order valence-electron chi connectivity index (χ1n) is 8.45. The number of nitrogens with zero attached hydrogens (tertiary/aromatic N) is 2. The molecule has 2 aliphatic rings. The molecular formula is C18H24N2O2S. The van der Waals surface area contributed by atoms with E-state index in [9.17, 15) is 4.79 Å². The number of hydrogen-bond donors (Lipinski definition) is 1. The van der Waals surface area contributed by atoms with Gasteiger partial charge in [0.1, 0.15) is 6.61 Å². The first-order valence-corrected chi connectivity index (χ1v) is 9.33. The molecule has 0 spiro atoms. The number of carbonyl (C=O) groups excluding carboxylic acids is 1. The van der Waals surface area contributed by atoms with Crippen molar-refractivity contribution < 1.29 is 9.90 Å². The zero-order valence-electron chi connectivity index (χ0n) is 13.5. The predicted octanol–water partition coefficient (Wildman–Crippen LogP) is 2.07. The molecule has 1 aliphatic heterocycles. The predicted molar refractivity (Wildman–Crippen MR) is 92.1 cm³/mol. The van der Waals surface area contributed by atoms with Crippen molar-refractivity contribution in [3.05, 3.63) is 21.9 Å². The Morgan fingerprint density at radius 1 is 1.26 bits per heavy atom. The Morgan fingerprint density at radius 3 is 2.83 bits per heavy atom. The maximum Gasteiger partial charge on any atom is 0.237 e. The highest BCUT2D eigenvalue weighted by atomic mass is 32.1. The number of rotatable bonds is 3. The van der Waals surface area contributed by atoms with Crippen molar-refractivity contribution in [1.29, 1.82) is 0 Å². The normalized spacial score (nSPS) is 20.4. The average molecular weight is 332 g/mol. The standard InChI is InChI=1S/C18H24N2O2S/c21-10-4-5-15-11-17(23-14-15)12-19-8-9-20(18(22)13-19)16-6-2-1-3-7-16/h11,14,16,21H,1-3,6-10,12-13H2. The Kier molecular flexibility index (Phi) is 5.71. The Labute approximate surface area is 142 Å². The van der Waals surface area contributed by atoms with E-state index in [2.05, 4.69) is 27.7 Å². The minimum absolute atomic E-state index is 0.108. The monoisotopic (exact) mass is 332 g/mol. The molecule has 23 heavy (non-hydrogen) atoms. The molecule has 3 rings (SSSR count). The summed E-state index contributed by atoms with van der Waals surface area (Å²) >= 11 is 1.67. The summed E-state index contributed by atoms with van der Waals surface area (Å²) in [5.74, 6) is 5.89. The second-order valence-corrected chi connectivity index (χ2v) is 7.35. The third-order valence-electron chi connectivity index (χ3n) is 4.70. The quantitative estimate of drug-likeness (QED) is 0.862. The molecule has 0 bridgehead atoms. The number of thiophene rings is 1. The Balaban J connectivity index is 1.53. The van der Waals surface area contributed by atoms with Crippen LogP contribution in [-0.2, 0) is 11.3 Å². The van der Waals surface area contributed by atoms with E-state index >= 15 is 0 Å². The summed E-state index contributed by atoms with van der Waals surface area (Å²) in [5.41, 5.74) is 0.950. The van der Waals surface area contributed by atoms with Gasteiger partial charge in [-0.3, -0.25) is 9.69 Å². The Hall–Kier alpha value is -1.35. The van der Waals surface area contributed by atoms with Crippen molar-refractivity contribution in [1.82, 2.24) is 9.80 Å². The van der Waals surface area contributed by atoms with E-state index in [1.807, 2.05) is 5.38 Å². The molecular weight excluding hydrogens is 308 g/mol. The molecule has 5 heteroatoms. The first kappa shape index (κ1) is 16.5. The molecule has 1 N–H and O–H groups in total. The van der Waals surface area contributed by atoms with Crippen molar-refractivity contribution in [3.8, 4) is 11.8 Å². The third-order valence-corrected chi connectivity index (χ3v) is 5.62. The molecule has 0 unspecified atom stereocenters. The van der Waals surface area contributed by atoms with Gasteiger partial charge in [-0.1, -0.05) is 31.1 Å². The molecule has 4 nitrogen and oxygen atoms in total. The fourth-order valence-corrected chi connectivity index (χ4v) is 4.40. The van der Waals surface area contributed by atoms with Crippen molar-refractivity contribution in [3.63, 3.8) is 0 Å². The van der Waals surface area contributed by atoms with E-state index in [4.69, 9.17) is 5.11 Å². The lowest BCUT2D eigenvalue weighted by atomic mass is 9.93. The maximum absolute atomic E-state index is 12.5. The van der Waals surface area contributed by atoms with Crippen LogP contribution >= 0.6 is 11.3 Å². The van der Waals surface area contributed by atoms with E-state index in [0.29, 0.717) is 18.5 Å². The van der Waals surface area contributed by atoms with Gasteiger partial charge in [0.2, 0.25) is 5.91 Å². The SMILES string of the molecule is O=C1CN(Cc2cc(C#CCO)cs2)CCN1C1CCCCC1. The molecule has 1 aromatic rings. The van der Waals surface area contributed by atoms with Gasteiger partial charge in [-0.2, -0.15) is 0 Å². The number of aliphatic hydroxyl groups excluding tert-OH is 1. The molecule has 0 atom stereocenters. The summed E-state index contributed by atoms with van der Waals surface area (Å²) in [4.78, 5) is 18.1. The second-order valence-electron chi connectivity index (χ2n) is 6.35. The van der Waals surface area contributed by atoms with Crippen LogP contribution in [-0.4, -0.2) is 53.1 Å². The molecule has 1 aliphatic carbocycles. The summed E-state index contributed by atoms with van der Waals surface area (Å²) in [6.07, 6.45) is 6.23. The Bertz CT molecular complexity index is 596. The van der Waals surface area contributed by atoms with E-state index in [1.54, 1.807) is 11.3 Å². The van der Waals surface area contributed by atoms with Crippen LogP contribution in [0.25, 0.3) is 0 Å². The highest BCUT2D eigenvalue weighted by Gasteiger charge is 2.30. The van der Waals surface area contributed by atoms with E-state index < -0.39 is 0 Å². The van der Waals surface area contributed by atoms with Crippen molar-refractivity contribution in [2.24, 2.45) is 0 Å². The van der Waals surface area contributed by atoms with Gasteiger partial charge in [-0.15, -0.1) is 11.3 Å². The van der Waals surface area contributed by atoms with Gasteiger partial charge in [-0.25, -0.2) is 0 Å². The topological polar surface area (TPSA) is 43.8 Å². The molecule has 1 saturated heterocycles. The largest absolute Gasteiger partial charge is 0.384 e. The smallest absolute Gasteiger partial charge is 0.237 e. The summed E-state index contributed by atoms with van der Waals surface area (Å²) in [7, 11) is 0. The number of piperazine rings is 1. The van der Waals surface area contributed by atoms with Gasteiger partial charge in [-0.05, 0) is 18.9 Å². The minimum Gasteiger partial charge on any atom is -0.384 e. The molecule has 2 heterocycles. The summed E-state index contributed by atoms with van der Waals surface area (Å²) in [6, 6.07) is 2.55. The van der Waals surface area contributed by atoms with Gasteiger partial charge in [0, 0.05) is 41.5 Å². The number of amides is 1. The first-order chi connectivity index (χ1) is 11.3. The van der Waals surface area contributed by atoms with Gasteiger partial charge in [0.15, 0.2) is 0 Å². The summed E-state index contributed by atoms with van der Waals surface area (Å²) in [5, 5.41) is 10.7. The summed E-state index contributed by atoms with van der Waals surface area (Å²) < 4.78 is 0. The zero-order chi connectivity index (χ0) is 16.1. The maximum atomic E-state index is 12.5. The van der Waals surface area contributed by atoms with Crippen LogP contribution in [0.5, 0.6) is 0 Å². The zero-order valence-corrected chi connectivity index (χ0v) is 14.3. The lowest BCUT2D eigenvalue weighted by molar-refractivity contribution is -0.139. The molecule has 2 fully saturated rings. The van der Waals surface area contributed by atoms with Crippen molar-refractivity contribution in [2.45, 2.75) is 44.7 Å². The molecule has 0 aromatic carbocycles. The summed E-state index contributed by atoms with van der Waals surface area (Å²) in [6.45, 7) is 3.06. The van der Waals surface area contributed by atoms with Gasteiger partial charge in [0.05, 0.1) is 6.54 Å². The van der Waals surface area contributed by atoms with Gasteiger partial charge >= 0.3 is 0 Å². The number of aliphatic hydroxyl groups is 1. The van der Waals surface area contributed by atoms with E-state index in [-0.39, 0.29) is 6.61 Å². The van der Waals surface area contributed by atoms with Crippen LogP contribution < -0.4 is 0 Å². The van der Waals surface area contributed by atoms with Crippen LogP contribution in [0, 0.1) is 11.8 Å². The second kappa shape index (κ2) is 7.96. The van der Waals surface area contributed by atoms with Crippen LogP contribution in [0.1, 0.15) is 42.5 Å². The van der Waals surface area contributed by atoms with Crippen LogP contribution in [0.4, 0.5) is 0 Å². The number of hydrogen-bond acceptors (Lipinski definition) is 4. The Morgan fingerprint density at radius 2 is 2.09 bits per heavy atom. The number of carbonyl (C=O) groups is 1. The van der Waals surface area contributed by atoms with Crippen LogP contribution in [0.2, 0.25) is 0 Å². The van der Waals surface area contributed by atoms with Crippen LogP contribution in [0.3, 0.4) is 0 Å². The van der Waals surface area contributed by atoms with Crippen molar-refractivity contribution in [2.75, 3.05) is 26.2 Å². The molecule has 0 radical (unpaired) electrons. The molecule has 1 aromatic heterocycles. The average Bonchev–Trinajstić information content (AvgIpc) is 3.01. The fourth-order valence-electron chi connectivity index (χ4n) is 3.54. The molecule has 1 amide bonds. The van der Waals surface area contributed by atoms with Crippen LogP contribution in [0.15, 0.2) is 11.4 Å². The fraction of sp³-hybridized carbons (Fsp3) is 0.611. The lowest BCUT2D eigenvalue weighted by Gasteiger charge is -2.40. The molecule has 124 valence electrons. The van der Waals surface area contributed by atoms with Gasteiger partial charge in [0.25, 0.3) is 0 Å². The van der Waals surface area contributed by atoms with E-state index in [0.717, 1.165) is 25.2 Å². The van der Waals surface area contributed by atoms with Crippen molar-refractivity contribution >= 4 is 17.2 Å². The third kappa shape index (κ3) is 4.35. The highest BCUT2D eigenvalue weighted by Crippen LogP contribution is 2.25. The minimum atomic E-state index is -0.108. The molecule has 1 saturated carbocycles. The highest BCUT2D eigenvalue weighted by molar-refractivity contribution is 7.10.